The highest BCUT2D eigenvalue weighted by atomic mass is 19.4. The van der Waals surface area contributed by atoms with Gasteiger partial charge in [0.15, 0.2) is 0 Å². The van der Waals surface area contributed by atoms with E-state index in [0.29, 0.717) is 25.9 Å². The van der Waals surface area contributed by atoms with Crippen LogP contribution in [0.5, 0.6) is 5.75 Å². The van der Waals surface area contributed by atoms with Gasteiger partial charge in [-0.3, -0.25) is 0 Å². The minimum atomic E-state index is -4.56. The van der Waals surface area contributed by atoms with Crippen LogP contribution in [0.1, 0.15) is 57.3 Å². The molecular formula is C19H24F3NO4. The second-order valence-corrected chi connectivity index (χ2v) is 8.19. The van der Waals surface area contributed by atoms with Crippen molar-refractivity contribution in [2.75, 3.05) is 13.1 Å². The van der Waals surface area contributed by atoms with Gasteiger partial charge in [0, 0.05) is 37.9 Å². The van der Waals surface area contributed by atoms with Crippen LogP contribution in [0.2, 0.25) is 0 Å². The third-order valence-electron chi connectivity index (χ3n) is 4.92. The lowest BCUT2D eigenvalue weighted by Gasteiger charge is -2.46. The summed E-state index contributed by atoms with van der Waals surface area (Å²) in [6, 6.07) is 3.69. The van der Waals surface area contributed by atoms with E-state index >= 15 is 0 Å². The number of benzene rings is 1. The van der Waals surface area contributed by atoms with Gasteiger partial charge >= 0.3 is 12.3 Å². The van der Waals surface area contributed by atoms with Crippen molar-refractivity contribution < 1.29 is 32.5 Å². The van der Waals surface area contributed by atoms with Gasteiger partial charge in [0.1, 0.15) is 17.0 Å². The van der Waals surface area contributed by atoms with Gasteiger partial charge in [-0.1, -0.05) is 6.07 Å². The normalized spacial score (nSPS) is 22.2. The third kappa shape index (κ3) is 4.15. The van der Waals surface area contributed by atoms with Crippen LogP contribution < -0.4 is 4.74 Å². The average Bonchev–Trinajstić information content (AvgIpc) is 2.52. The zero-order valence-corrected chi connectivity index (χ0v) is 15.6. The molecule has 2 aliphatic heterocycles. The third-order valence-corrected chi connectivity index (χ3v) is 4.92. The van der Waals surface area contributed by atoms with Crippen molar-refractivity contribution in [1.82, 2.24) is 4.90 Å². The molecule has 0 saturated carbocycles. The number of fused-ring (bicyclic) bond motifs is 1. The summed E-state index contributed by atoms with van der Waals surface area (Å²) in [7, 11) is 0. The Morgan fingerprint density at radius 1 is 1.26 bits per heavy atom. The Bertz CT molecular complexity index is 719. The smallest absolute Gasteiger partial charge is 0.416 e. The van der Waals surface area contributed by atoms with Crippen molar-refractivity contribution in [2.45, 2.75) is 63.5 Å². The van der Waals surface area contributed by atoms with Crippen molar-refractivity contribution in [1.29, 1.82) is 0 Å². The van der Waals surface area contributed by atoms with E-state index in [-0.39, 0.29) is 17.7 Å². The number of carbonyl (C=O) groups is 1. The van der Waals surface area contributed by atoms with Crippen LogP contribution in [0.15, 0.2) is 18.2 Å². The number of aliphatic hydroxyl groups is 1. The maximum atomic E-state index is 13.2. The molecule has 1 spiro atoms. The Balaban J connectivity index is 1.76. The standard InChI is InChI=1S/C19H24F3NO4/c1-17(2,3)27-16(25)23-9-7-18(8-10-23)11-13(24)15-12(19(20,21)22)5-4-6-14(15)26-18/h4-6,13,24H,7-11H2,1-3H3. The molecule has 1 atom stereocenters. The molecule has 1 N–H and O–H groups in total. The fourth-order valence-corrected chi connectivity index (χ4v) is 3.68. The van der Waals surface area contributed by atoms with Crippen LogP contribution in [-0.2, 0) is 10.9 Å². The molecule has 1 saturated heterocycles. The highest BCUT2D eigenvalue weighted by molar-refractivity contribution is 5.68. The van der Waals surface area contributed by atoms with Gasteiger partial charge in [-0.25, -0.2) is 4.79 Å². The molecule has 5 nitrogen and oxygen atoms in total. The fourth-order valence-electron chi connectivity index (χ4n) is 3.68. The molecule has 0 aliphatic carbocycles. The Labute approximate surface area is 156 Å². The van der Waals surface area contributed by atoms with Gasteiger partial charge in [0.05, 0.1) is 11.7 Å². The first-order valence-corrected chi connectivity index (χ1v) is 8.95. The average molecular weight is 387 g/mol. The van der Waals surface area contributed by atoms with Crippen LogP contribution in [0, 0.1) is 0 Å². The Morgan fingerprint density at radius 3 is 2.44 bits per heavy atom. The number of piperidine rings is 1. The van der Waals surface area contributed by atoms with E-state index in [0.717, 1.165) is 6.07 Å². The number of likely N-dealkylation sites (tertiary alicyclic amines) is 1. The van der Waals surface area contributed by atoms with E-state index in [1.807, 2.05) is 0 Å². The van der Waals surface area contributed by atoms with Crippen LogP contribution in [0.3, 0.4) is 0 Å². The van der Waals surface area contributed by atoms with Crippen molar-refractivity contribution in [3.05, 3.63) is 29.3 Å². The van der Waals surface area contributed by atoms with E-state index in [4.69, 9.17) is 9.47 Å². The summed E-state index contributed by atoms with van der Waals surface area (Å²) in [6.07, 6.45) is -5.35. The van der Waals surface area contributed by atoms with E-state index in [9.17, 15) is 23.1 Å². The van der Waals surface area contributed by atoms with E-state index < -0.39 is 35.1 Å². The van der Waals surface area contributed by atoms with Crippen molar-refractivity contribution in [3.63, 3.8) is 0 Å². The van der Waals surface area contributed by atoms with E-state index in [1.54, 1.807) is 25.7 Å². The number of alkyl halides is 3. The van der Waals surface area contributed by atoms with Gasteiger partial charge in [-0.05, 0) is 32.9 Å². The maximum absolute atomic E-state index is 13.2. The Kier molecular flexibility index (Phi) is 4.82. The highest BCUT2D eigenvalue weighted by Crippen LogP contribution is 2.48. The van der Waals surface area contributed by atoms with Gasteiger partial charge in [-0.2, -0.15) is 13.2 Å². The number of nitrogens with zero attached hydrogens (tertiary/aromatic N) is 1. The quantitative estimate of drug-likeness (QED) is 0.722. The molecule has 1 aromatic rings. The molecule has 3 rings (SSSR count). The van der Waals surface area contributed by atoms with Crippen molar-refractivity contribution in [3.8, 4) is 5.75 Å². The van der Waals surface area contributed by atoms with Gasteiger partial charge < -0.3 is 19.5 Å². The maximum Gasteiger partial charge on any atom is 0.416 e. The molecule has 1 amide bonds. The van der Waals surface area contributed by atoms with Gasteiger partial charge in [0.25, 0.3) is 0 Å². The molecular weight excluding hydrogens is 363 g/mol. The highest BCUT2D eigenvalue weighted by Gasteiger charge is 2.47. The zero-order chi connectivity index (χ0) is 20.0. The molecule has 0 bridgehead atoms. The molecule has 1 aromatic carbocycles. The topological polar surface area (TPSA) is 59.0 Å². The van der Waals surface area contributed by atoms with Crippen LogP contribution in [0.25, 0.3) is 0 Å². The van der Waals surface area contributed by atoms with Crippen molar-refractivity contribution >= 4 is 6.09 Å². The summed E-state index contributed by atoms with van der Waals surface area (Å²) in [5, 5.41) is 10.5. The molecule has 0 radical (unpaired) electrons. The predicted molar refractivity (Wildman–Crippen MR) is 91.4 cm³/mol. The number of rotatable bonds is 0. The number of carbonyl (C=O) groups excluding carboxylic acids is 1. The second-order valence-electron chi connectivity index (χ2n) is 8.19. The van der Waals surface area contributed by atoms with E-state index in [1.165, 1.54) is 12.1 Å². The monoisotopic (exact) mass is 387 g/mol. The molecule has 2 aliphatic rings. The number of hydrogen-bond acceptors (Lipinski definition) is 4. The summed E-state index contributed by atoms with van der Waals surface area (Å²) in [5.74, 6) is 0.0642. The van der Waals surface area contributed by atoms with Gasteiger partial charge in [-0.15, -0.1) is 0 Å². The van der Waals surface area contributed by atoms with Gasteiger partial charge in [0.2, 0.25) is 0 Å². The molecule has 27 heavy (non-hydrogen) atoms. The first-order chi connectivity index (χ1) is 12.4. The summed E-state index contributed by atoms with van der Waals surface area (Å²) in [5.41, 5.74) is -2.45. The van der Waals surface area contributed by atoms with E-state index in [2.05, 4.69) is 0 Å². The Hall–Kier alpha value is -1.96. The number of ether oxygens (including phenoxy) is 2. The van der Waals surface area contributed by atoms with Crippen LogP contribution in [0.4, 0.5) is 18.0 Å². The summed E-state index contributed by atoms with van der Waals surface area (Å²) in [4.78, 5) is 13.8. The number of hydrogen-bond donors (Lipinski definition) is 1. The lowest BCUT2D eigenvalue weighted by Crippen LogP contribution is -2.52. The number of halogens is 3. The van der Waals surface area contributed by atoms with Crippen LogP contribution in [-0.4, -0.2) is 40.4 Å². The minimum Gasteiger partial charge on any atom is -0.487 e. The molecule has 1 fully saturated rings. The molecule has 8 heteroatoms. The largest absolute Gasteiger partial charge is 0.487 e. The second kappa shape index (κ2) is 6.58. The summed E-state index contributed by atoms with van der Waals surface area (Å²) in [6.45, 7) is 6.07. The molecule has 0 aromatic heterocycles. The number of aliphatic hydroxyl groups excluding tert-OH is 1. The molecule has 2 heterocycles. The first kappa shape index (κ1) is 19.8. The lowest BCUT2D eigenvalue weighted by atomic mass is 9.80. The Morgan fingerprint density at radius 2 is 1.89 bits per heavy atom. The minimum absolute atomic E-state index is 0.0642. The summed E-state index contributed by atoms with van der Waals surface area (Å²) < 4.78 is 51.0. The lowest BCUT2D eigenvalue weighted by molar-refractivity contribution is -0.141. The zero-order valence-electron chi connectivity index (χ0n) is 15.6. The first-order valence-electron chi connectivity index (χ1n) is 8.95. The fraction of sp³-hybridized carbons (Fsp3) is 0.632. The molecule has 150 valence electrons. The van der Waals surface area contributed by atoms with Crippen molar-refractivity contribution in [2.24, 2.45) is 0 Å². The SMILES string of the molecule is CC(C)(C)OC(=O)N1CCC2(CC1)CC(O)c1c(cccc1C(F)(F)F)O2. The number of amides is 1. The summed E-state index contributed by atoms with van der Waals surface area (Å²) >= 11 is 0. The van der Waals surface area contributed by atoms with Crippen LogP contribution >= 0.6 is 0 Å². The predicted octanol–water partition coefficient (Wildman–Crippen LogP) is 4.29. The molecule has 1 unspecified atom stereocenters.